The summed E-state index contributed by atoms with van der Waals surface area (Å²) in [6, 6.07) is 0. The van der Waals surface area contributed by atoms with Gasteiger partial charge in [-0.1, -0.05) is 0 Å². The molecule has 60 valence electrons. The summed E-state index contributed by atoms with van der Waals surface area (Å²) in [5, 5.41) is -0.886. The first-order valence-electron chi connectivity index (χ1n) is 2.28. The molecule has 0 saturated carbocycles. The van der Waals surface area contributed by atoms with E-state index in [9.17, 15) is 9.36 Å². The highest BCUT2D eigenvalue weighted by atomic mass is 35.5. The van der Waals surface area contributed by atoms with E-state index in [-0.39, 0.29) is 0 Å². The minimum atomic E-state index is -4.16. The second kappa shape index (κ2) is 3.34. The van der Waals surface area contributed by atoms with Crippen LogP contribution in [0.25, 0.3) is 0 Å². The number of rotatable bonds is 2. The van der Waals surface area contributed by atoms with E-state index in [0.29, 0.717) is 0 Å². The molecule has 0 heterocycles. The number of nitrogens with zero attached hydrogens (tertiary/aromatic N) is 1. The predicted octanol–water partition coefficient (Wildman–Crippen LogP) is 0.412. The molecule has 2 N–H and O–H groups in total. The van der Waals surface area contributed by atoms with E-state index >= 15 is 0 Å². The van der Waals surface area contributed by atoms with Crippen molar-refractivity contribution in [2.75, 3.05) is 13.3 Å². The number of hydrogen-bond donors (Lipinski definition) is 2. The maximum Gasteiger partial charge on any atom is 0.344 e. The van der Waals surface area contributed by atoms with Crippen LogP contribution in [0.15, 0.2) is 0 Å². The summed E-state index contributed by atoms with van der Waals surface area (Å²) in [4.78, 5) is 27.5. The van der Waals surface area contributed by atoms with Crippen LogP contribution in [-0.4, -0.2) is 33.4 Å². The molecule has 7 heteroatoms. The van der Waals surface area contributed by atoms with Gasteiger partial charge < -0.3 is 14.7 Å². The fourth-order valence-corrected chi connectivity index (χ4v) is 1.16. The van der Waals surface area contributed by atoms with Gasteiger partial charge in [0.25, 0.3) is 0 Å². The van der Waals surface area contributed by atoms with Crippen LogP contribution in [0, 0.1) is 0 Å². The second-order valence-corrected chi connectivity index (χ2v) is 3.69. The summed E-state index contributed by atoms with van der Waals surface area (Å²) in [6.45, 7) is 0. The van der Waals surface area contributed by atoms with E-state index in [1.807, 2.05) is 0 Å². The van der Waals surface area contributed by atoms with Crippen molar-refractivity contribution in [2.24, 2.45) is 0 Å². The molecule has 0 fully saturated rings. The fraction of sp³-hybridized carbons (Fsp3) is 0.667. The zero-order valence-electron chi connectivity index (χ0n) is 5.19. The predicted molar refractivity (Wildman–Crippen MR) is 35.9 cm³/mol. The van der Waals surface area contributed by atoms with E-state index in [0.717, 1.165) is 4.90 Å². The fourth-order valence-electron chi connectivity index (χ4n) is 0.332. The van der Waals surface area contributed by atoms with Crippen LogP contribution < -0.4 is 0 Å². The van der Waals surface area contributed by atoms with Crippen molar-refractivity contribution < 1.29 is 19.1 Å². The number of halogens is 1. The third-order valence-corrected chi connectivity index (χ3v) is 1.78. The Morgan fingerprint density at radius 3 is 2.20 bits per heavy atom. The first-order chi connectivity index (χ1) is 4.33. The molecule has 5 nitrogen and oxygen atoms in total. The Labute approximate surface area is 62.7 Å². The Bertz CT molecular complexity index is 177. The Morgan fingerprint density at radius 2 is 2.10 bits per heavy atom. The van der Waals surface area contributed by atoms with E-state index in [1.165, 1.54) is 7.05 Å². The van der Waals surface area contributed by atoms with E-state index in [2.05, 4.69) is 0 Å². The molecule has 0 atom stereocenters. The third-order valence-electron chi connectivity index (χ3n) is 0.696. The Morgan fingerprint density at radius 1 is 1.70 bits per heavy atom. The van der Waals surface area contributed by atoms with E-state index in [4.69, 9.17) is 21.4 Å². The highest BCUT2D eigenvalue weighted by Gasteiger charge is 2.18. The van der Waals surface area contributed by atoms with Crippen molar-refractivity contribution in [1.82, 2.24) is 4.90 Å². The van der Waals surface area contributed by atoms with E-state index < -0.39 is 19.2 Å². The monoisotopic (exact) mass is 187 g/mol. The largest absolute Gasteiger partial charge is 0.344 e. The molecule has 0 aliphatic rings. The lowest BCUT2D eigenvalue weighted by molar-refractivity contribution is 0.233. The van der Waals surface area contributed by atoms with Crippen LogP contribution in [0.2, 0.25) is 0 Å². The van der Waals surface area contributed by atoms with Gasteiger partial charge in [-0.2, -0.15) is 0 Å². The number of amides is 1. The smallest absolute Gasteiger partial charge is 0.323 e. The molecule has 0 saturated heterocycles. The third kappa shape index (κ3) is 4.76. The zero-order valence-corrected chi connectivity index (χ0v) is 6.84. The molecule has 0 radical (unpaired) electrons. The van der Waals surface area contributed by atoms with Gasteiger partial charge in [0.15, 0.2) is 0 Å². The number of carbonyl (C=O) groups excluding carboxylic acids is 1. The average molecular weight is 188 g/mol. The Kier molecular flexibility index (Phi) is 3.31. The van der Waals surface area contributed by atoms with Gasteiger partial charge >= 0.3 is 13.0 Å². The molecule has 0 aliphatic heterocycles. The summed E-state index contributed by atoms with van der Waals surface area (Å²) >= 11 is 4.88. The number of carbonyl (C=O) groups is 1. The van der Waals surface area contributed by atoms with Gasteiger partial charge in [-0.25, -0.2) is 0 Å². The van der Waals surface area contributed by atoms with Crippen molar-refractivity contribution in [2.45, 2.75) is 0 Å². The summed E-state index contributed by atoms with van der Waals surface area (Å²) in [5.41, 5.74) is 0. The summed E-state index contributed by atoms with van der Waals surface area (Å²) in [5.74, 6) is 0. The Hall–Kier alpha value is -0.0900. The van der Waals surface area contributed by atoms with E-state index in [1.54, 1.807) is 0 Å². The topological polar surface area (TPSA) is 77.8 Å². The molecule has 0 aromatic carbocycles. The van der Waals surface area contributed by atoms with Crippen LogP contribution in [0.5, 0.6) is 0 Å². The van der Waals surface area contributed by atoms with Gasteiger partial charge in [-0.15, -0.1) is 0 Å². The van der Waals surface area contributed by atoms with Crippen molar-refractivity contribution in [3.05, 3.63) is 0 Å². The van der Waals surface area contributed by atoms with Crippen molar-refractivity contribution in [3.8, 4) is 0 Å². The van der Waals surface area contributed by atoms with Gasteiger partial charge in [0.2, 0.25) is 0 Å². The standard InChI is InChI=1S/C3H7ClNO4P/c1-5(3(4)6)2-10(7,8)9/h2H2,1H3,(H2,7,8,9). The summed E-state index contributed by atoms with van der Waals surface area (Å²) < 4.78 is 10.2. The second-order valence-electron chi connectivity index (χ2n) is 1.76. The van der Waals surface area contributed by atoms with Crippen molar-refractivity contribution in [1.29, 1.82) is 0 Å². The van der Waals surface area contributed by atoms with Crippen molar-refractivity contribution in [3.63, 3.8) is 0 Å². The molecule has 10 heavy (non-hydrogen) atoms. The quantitative estimate of drug-likeness (QED) is 0.373. The zero-order chi connectivity index (χ0) is 8.36. The number of hydrogen-bond acceptors (Lipinski definition) is 2. The minimum Gasteiger partial charge on any atom is -0.323 e. The Balaban J connectivity index is 3.93. The van der Waals surface area contributed by atoms with Crippen LogP contribution in [-0.2, 0) is 4.57 Å². The van der Waals surface area contributed by atoms with Crippen LogP contribution in [0.3, 0.4) is 0 Å². The van der Waals surface area contributed by atoms with Gasteiger partial charge in [-0.3, -0.25) is 9.36 Å². The first kappa shape index (κ1) is 9.91. The highest BCUT2D eigenvalue weighted by molar-refractivity contribution is 7.51. The minimum absolute atomic E-state index is 0.644. The normalized spacial score (nSPS) is 11.2. The molecule has 0 aliphatic carbocycles. The molecule has 0 unspecified atom stereocenters. The van der Waals surface area contributed by atoms with Gasteiger partial charge in [0, 0.05) is 7.05 Å². The van der Waals surface area contributed by atoms with Gasteiger partial charge in [-0.05, 0) is 11.6 Å². The molecular weight excluding hydrogens is 180 g/mol. The molecule has 0 spiro atoms. The molecule has 1 amide bonds. The SMILES string of the molecule is CN(CP(=O)(O)O)C(=O)Cl. The lowest BCUT2D eigenvalue weighted by Crippen LogP contribution is -2.21. The van der Waals surface area contributed by atoms with Crippen LogP contribution in [0.4, 0.5) is 4.79 Å². The first-order valence-corrected chi connectivity index (χ1v) is 4.45. The molecular formula is C3H7ClNO4P. The summed E-state index contributed by atoms with van der Waals surface area (Å²) in [7, 11) is -2.95. The van der Waals surface area contributed by atoms with Crippen LogP contribution >= 0.6 is 19.2 Å². The lowest BCUT2D eigenvalue weighted by Gasteiger charge is -2.12. The maximum atomic E-state index is 10.2. The lowest BCUT2D eigenvalue weighted by atomic mass is 11.0. The molecule has 0 aromatic rings. The van der Waals surface area contributed by atoms with Gasteiger partial charge in [0.05, 0.1) is 0 Å². The average Bonchev–Trinajstić information content (AvgIpc) is 1.60. The van der Waals surface area contributed by atoms with Crippen LogP contribution in [0.1, 0.15) is 0 Å². The molecule has 0 bridgehead atoms. The summed E-state index contributed by atoms with van der Waals surface area (Å²) in [6.07, 6.45) is -0.644. The van der Waals surface area contributed by atoms with Gasteiger partial charge in [0.1, 0.15) is 6.29 Å². The molecule has 0 rings (SSSR count). The van der Waals surface area contributed by atoms with Crippen molar-refractivity contribution >= 4 is 24.6 Å². The maximum absolute atomic E-state index is 10.2. The highest BCUT2D eigenvalue weighted by Crippen LogP contribution is 2.34. The molecule has 0 aromatic heterocycles.